The fraction of sp³-hybridized carbons (Fsp3) is 0.600. The van der Waals surface area contributed by atoms with Gasteiger partial charge in [-0.2, -0.15) is 0 Å². The van der Waals surface area contributed by atoms with Gasteiger partial charge in [0.25, 0.3) is 0 Å². The lowest BCUT2D eigenvalue weighted by atomic mass is 9.49. The Balaban J connectivity index is 2.24. The molecule has 1 saturated carbocycles. The van der Waals surface area contributed by atoms with Gasteiger partial charge in [-0.15, -0.1) is 0 Å². The standard InChI is InChI=1S/C20H26O3/c1-11(2)13-9-12-10-14(21)18-19(3,4)7-6-8-20(18,5)15(12)17(23)16(13)22/h9-11,18,23H,6-8H2,1-5H3/t18?,20-/m1/s1. The molecule has 3 rings (SSSR count). The van der Waals surface area contributed by atoms with Crippen LogP contribution in [0, 0.1) is 22.7 Å². The fourth-order valence-electron chi connectivity index (χ4n) is 5.10. The maximum absolute atomic E-state index is 12.9. The quantitative estimate of drug-likeness (QED) is 0.785. The second-order valence-electron chi connectivity index (χ2n) is 8.50. The third-order valence-electron chi connectivity index (χ3n) is 6.02. The first kappa shape index (κ1) is 16.2. The van der Waals surface area contributed by atoms with Crippen molar-refractivity contribution in [2.24, 2.45) is 22.7 Å². The lowest BCUT2D eigenvalue weighted by Crippen LogP contribution is -2.50. The molecule has 0 spiro atoms. The summed E-state index contributed by atoms with van der Waals surface area (Å²) < 4.78 is 0. The van der Waals surface area contributed by atoms with Crippen LogP contribution in [-0.4, -0.2) is 16.7 Å². The van der Waals surface area contributed by atoms with Gasteiger partial charge in [-0.1, -0.05) is 41.0 Å². The molecule has 0 aromatic heterocycles. The average Bonchev–Trinajstić information content (AvgIpc) is 2.40. The number of allylic oxidation sites excluding steroid dienone is 5. The number of hydrogen-bond donors (Lipinski definition) is 1. The molecule has 0 bridgehead atoms. The van der Waals surface area contributed by atoms with Crippen molar-refractivity contribution in [1.29, 1.82) is 0 Å². The first-order valence-electron chi connectivity index (χ1n) is 8.55. The summed E-state index contributed by atoms with van der Waals surface area (Å²) in [7, 11) is 0. The first-order valence-corrected chi connectivity index (χ1v) is 8.55. The third-order valence-corrected chi connectivity index (χ3v) is 6.02. The van der Waals surface area contributed by atoms with E-state index in [4.69, 9.17) is 0 Å². The molecule has 0 aliphatic heterocycles. The Kier molecular flexibility index (Phi) is 3.48. The van der Waals surface area contributed by atoms with E-state index in [-0.39, 0.29) is 34.6 Å². The van der Waals surface area contributed by atoms with Crippen molar-refractivity contribution in [3.8, 4) is 0 Å². The molecule has 0 aromatic carbocycles. The molecule has 0 heterocycles. The molecule has 3 heteroatoms. The minimum atomic E-state index is -0.457. The highest BCUT2D eigenvalue weighted by molar-refractivity contribution is 6.11. The van der Waals surface area contributed by atoms with Gasteiger partial charge in [-0.25, -0.2) is 0 Å². The molecule has 1 fully saturated rings. The molecule has 3 aliphatic rings. The molecular weight excluding hydrogens is 288 g/mol. The minimum Gasteiger partial charge on any atom is -0.504 e. The van der Waals surface area contributed by atoms with Crippen LogP contribution in [0.25, 0.3) is 0 Å². The summed E-state index contributed by atoms with van der Waals surface area (Å²) in [5.41, 5.74) is 1.45. The minimum absolute atomic E-state index is 0.0236. The fourth-order valence-corrected chi connectivity index (χ4v) is 5.10. The number of fused-ring (bicyclic) bond motifs is 3. The molecule has 0 radical (unpaired) electrons. The van der Waals surface area contributed by atoms with Gasteiger partial charge in [-0.05, 0) is 41.9 Å². The summed E-state index contributed by atoms with van der Waals surface area (Å²) in [6, 6.07) is 0. The molecule has 1 unspecified atom stereocenters. The highest BCUT2D eigenvalue weighted by atomic mass is 16.3. The number of carbonyl (C=O) groups is 2. The van der Waals surface area contributed by atoms with Crippen LogP contribution in [0.5, 0.6) is 0 Å². The van der Waals surface area contributed by atoms with E-state index in [1.807, 2.05) is 19.9 Å². The predicted molar refractivity (Wildman–Crippen MR) is 89.9 cm³/mol. The van der Waals surface area contributed by atoms with Crippen molar-refractivity contribution < 1.29 is 14.7 Å². The summed E-state index contributed by atoms with van der Waals surface area (Å²) in [4.78, 5) is 25.5. The summed E-state index contributed by atoms with van der Waals surface area (Å²) in [6.07, 6.45) is 6.31. The highest BCUT2D eigenvalue weighted by Crippen LogP contribution is 2.59. The molecule has 0 amide bonds. The number of ketones is 2. The molecule has 3 nitrogen and oxygen atoms in total. The van der Waals surface area contributed by atoms with Crippen molar-refractivity contribution >= 4 is 11.6 Å². The monoisotopic (exact) mass is 314 g/mol. The zero-order valence-electron chi connectivity index (χ0n) is 14.7. The average molecular weight is 314 g/mol. The number of aliphatic hydroxyl groups excluding tert-OH is 1. The van der Waals surface area contributed by atoms with Crippen LogP contribution in [0.15, 0.2) is 34.6 Å². The number of Topliss-reactive ketones (excluding diaryl/α,β-unsaturated/α-hetero) is 1. The zero-order valence-corrected chi connectivity index (χ0v) is 14.7. The Hall–Kier alpha value is -1.64. The van der Waals surface area contributed by atoms with E-state index in [2.05, 4.69) is 20.8 Å². The Labute approximate surface area is 138 Å². The number of rotatable bonds is 1. The van der Waals surface area contributed by atoms with E-state index in [1.165, 1.54) is 0 Å². The van der Waals surface area contributed by atoms with Crippen molar-refractivity contribution in [2.75, 3.05) is 0 Å². The maximum atomic E-state index is 12.9. The topological polar surface area (TPSA) is 54.4 Å². The van der Waals surface area contributed by atoms with Crippen LogP contribution in [0.1, 0.15) is 53.9 Å². The van der Waals surface area contributed by atoms with Gasteiger partial charge < -0.3 is 5.11 Å². The van der Waals surface area contributed by atoms with Crippen molar-refractivity contribution in [2.45, 2.75) is 53.9 Å². The van der Waals surface area contributed by atoms with Crippen LogP contribution >= 0.6 is 0 Å². The van der Waals surface area contributed by atoms with Crippen LogP contribution in [-0.2, 0) is 9.59 Å². The smallest absolute Gasteiger partial charge is 0.223 e. The van der Waals surface area contributed by atoms with E-state index in [0.29, 0.717) is 11.1 Å². The second kappa shape index (κ2) is 4.93. The van der Waals surface area contributed by atoms with Gasteiger partial charge in [0, 0.05) is 22.5 Å². The van der Waals surface area contributed by atoms with E-state index < -0.39 is 5.41 Å². The van der Waals surface area contributed by atoms with Crippen molar-refractivity contribution in [3.05, 3.63) is 34.6 Å². The number of carbonyl (C=O) groups excluding carboxylic acids is 2. The molecule has 2 atom stereocenters. The Bertz CT molecular complexity index is 688. The van der Waals surface area contributed by atoms with Gasteiger partial charge in [0.2, 0.25) is 5.78 Å². The maximum Gasteiger partial charge on any atom is 0.223 e. The third kappa shape index (κ3) is 2.16. The van der Waals surface area contributed by atoms with E-state index >= 15 is 0 Å². The molecule has 23 heavy (non-hydrogen) atoms. The van der Waals surface area contributed by atoms with E-state index in [1.54, 1.807) is 6.08 Å². The molecular formula is C20H26O3. The largest absolute Gasteiger partial charge is 0.504 e. The summed E-state index contributed by atoms with van der Waals surface area (Å²) >= 11 is 0. The Morgan fingerprint density at radius 3 is 2.39 bits per heavy atom. The summed E-state index contributed by atoms with van der Waals surface area (Å²) in [5.74, 6) is -0.426. The Morgan fingerprint density at radius 2 is 1.78 bits per heavy atom. The normalized spacial score (nSPS) is 33.2. The first-order chi connectivity index (χ1) is 10.6. The van der Waals surface area contributed by atoms with Crippen LogP contribution in [0.4, 0.5) is 0 Å². The van der Waals surface area contributed by atoms with Crippen LogP contribution in [0.3, 0.4) is 0 Å². The second-order valence-corrected chi connectivity index (χ2v) is 8.50. The van der Waals surface area contributed by atoms with Gasteiger partial charge in [0.05, 0.1) is 0 Å². The molecule has 0 saturated heterocycles. The number of hydrogen-bond acceptors (Lipinski definition) is 3. The Morgan fingerprint density at radius 1 is 1.13 bits per heavy atom. The van der Waals surface area contributed by atoms with Gasteiger partial charge >= 0.3 is 0 Å². The lowest BCUT2D eigenvalue weighted by Gasteiger charge is -2.53. The van der Waals surface area contributed by atoms with E-state index in [9.17, 15) is 14.7 Å². The van der Waals surface area contributed by atoms with Crippen LogP contribution in [0.2, 0.25) is 0 Å². The summed E-state index contributed by atoms with van der Waals surface area (Å²) in [6.45, 7) is 10.2. The molecule has 1 N–H and O–H groups in total. The van der Waals surface area contributed by atoms with Gasteiger partial charge in [0.1, 0.15) is 0 Å². The van der Waals surface area contributed by atoms with Gasteiger partial charge in [0.15, 0.2) is 11.5 Å². The number of aliphatic hydroxyl groups is 1. The molecule has 0 aromatic rings. The van der Waals surface area contributed by atoms with E-state index in [0.717, 1.165) is 24.8 Å². The van der Waals surface area contributed by atoms with Gasteiger partial charge in [-0.3, -0.25) is 9.59 Å². The SMILES string of the molecule is CC(C)C1=CC2=CC(=O)C3C(C)(C)CCC[C@]3(C)C2=C(O)C1=O. The molecule has 124 valence electrons. The zero-order chi connectivity index (χ0) is 17.2. The van der Waals surface area contributed by atoms with Crippen molar-refractivity contribution in [3.63, 3.8) is 0 Å². The summed E-state index contributed by atoms with van der Waals surface area (Å²) in [5, 5.41) is 10.7. The van der Waals surface area contributed by atoms with Crippen LogP contribution < -0.4 is 0 Å². The van der Waals surface area contributed by atoms with Crippen molar-refractivity contribution in [1.82, 2.24) is 0 Å². The molecule has 3 aliphatic carbocycles. The predicted octanol–water partition coefficient (Wildman–Crippen LogP) is 4.31. The highest BCUT2D eigenvalue weighted by Gasteiger charge is 2.56. The lowest BCUT2D eigenvalue weighted by molar-refractivity contribution is -0.130.